The maximum Gasteiger partial charge on any atom is 0.123 e. The van der Waals surface area contributed by atoms with Gasteiger partial charge in [0.2, 0.25) is 0 Å². The lowest BCUT2D eigenvalue weighted by atomic mass is 9.96. The Bertz CT molecular complexity index is 356. The summed E-state index contributed by atoms with van der Waals surface area (Å²) in [5.41, 5.74) is 1.18. The first kappa shape index (κ1) is 18.1. The Morgan fingerprint density at radius 3 is 2.57 bits per heavy atom. The maximum atomic E-state index is 12.9. The predicted molar refractivity (Wildman–Crippen MR) is 84.1 cm³/mol. The van der Waals surface area contributed by atoms with E-state index in [1.807, 2.05) is 12.1 Å². The lowest BCUT2D eigenvalue weighted by molar-refractivity contribution is 0.0636. The van der Waals surface area contributed by atoms with Crippen molar-refractivity contribution >= 4 is 0 Å². The highest BCUT2D eigenvalue weighted by Gasteiger charge is 2.10. The molecule has 1 unspecified atom stereocenters. The highest BCUT2D eigenvalue weighted by molar-refractivity contribution is 5.16. The van der Waals surface area contributed by atoms with Gasteiger partial charge in [0, 0.05) is 13.7 Å². The first-order valence-electron chi connectivity index (χ1n) is 7.78. The quantitative estimate of drug-likeness (QED) is 0.602. The van der Waals surface area contributed by atoms with E-state index in [-0.39, 0.29) is 5.82 Å². The SMILES string of the molecule is CCCNCC(CCOCCOC)Cc1ccc(F)cc1. The zero-order valence-corrected chi connectivity index (χ0v) is 13.2. The molecule has 21 heavy (non-hydrogen) atoms. The summed E-state index contributed by atoms with van der Waals surface area (Å²) in [4.78, 5) is 0. The summed E-state index contributed by atoms with van der Waals surface area (Å²) >= 11 is 0. The first-order valence-corrected chi connectivity index (χ1v) is 7.78. The van der Waals surface area contributed by atoms with Crippen LogP contribution in [0.2, 0.25) is 0 Å². The number of halogens is 1. The van der Waals surface area contributed by atoms with E-state index in [1.165, 1.54) is 17.7 Å². The van der Waals surface area contributed by atoms with Crippen LogP contribution in [0.3, 0.4) is 0 Å². The number of rotatable bonds is 12. The Morgan fingerprint density at radius 2 is 1.90 bits per heavy atom. The molecule has 1 N–H and O–H groups in total. The van der Waals surface area contributed by atoms with E-state index in [0.717, 1.165) is 39.0 Å². The molecule has 1 aromatic carbocycles. The summed E-state index contributed by atoms with van der Waals surface area (Å²) in [7, 11) is 1.68. The van der Waals surface area contributed by atoms with Gasteiger partial charge in [-0.05, 0) is 56.0 Å². The van der Waals surface area contributed by atoms with Crippen molar-refractivity contribution in [1.82, 2.24) is 5.32 Å². The van der Waals surface area contributed by atoms with Crippen LogP contribution in [0.15, 0.2) is 24.3 Å². The van der Waals surface area contributed by atoms with Crippen LogP contribution in [-0.4, -0.2) is 40.0 Å². The van der Waals surface area contributed by atoms with Gasteiger partial charge in [-0.15, -0.1) is 0 Å². The van der Waals surface area contributed by atoms with Gasteiger partial charge in [0.15, 0.2) is 0 Å². The summed E-state index contributed by atoms with van der Waals surface area (Å²) in [5.74, 6) is 0.326. The molecular weight excluding hydrogens is 269 g/mol. The van der Waals surface area contributed by atoms with Crippen LogP contribution >= 0.6 is 0 Å². The monoisotopic (exact) mass is 297 g/mol. The van der Waals surface area contributed by atoms with Gasteiger partial charge < -0.3 is 14.8 Å². The van der Waals surface area contributed by atoms with Gasteiger partial charge >= 0.3 is 0 Å². The fraction of sp³-hybridized carbons (Fsp3) is 0.647. The molecule has 120 valence electrons. The van der Waals surface area contributed by atoms with Crippen molar-refractivity contribution in [3.63, 3.8) is 0 Å². The summed E-state index contributed by atoms with van der Waals surface area (Å²) in [6.07, 6.45) is 3.08. The summed E-state index contributed by atoms with van der Waals surface area (Å²) in [6.45, 7) is 6.18. The molecular formula is C17H28FNO2. The standard InChI is InChI=1S/C17H28FNO2/c1-3-9-19-14-16(8-10-21-12-11-20-2)13-15-4-6-17(18)7-5-15/h4-7,16,19H,3,8-14H2,1-2H3. The van der Waals surface area contributed by atoms with E-state index in [2.05, 4.69) is 12.2 Å². The molecule has 0 aromatic heterocycles. The molecule has 0 aliphatic heterocycles. The van der Waals surface area contributed by atoms with Crippen molar-refractivity contribution in [2.45, 2.75) is 26.2 Å². The summed E-state index contributed by atoms with van der Waals surface area (Å²) < 4.78 is 23.5. The molecule has 0 saturated carbocycles. The second-order valence-corrected chi connectivity index (χ2v) is 5.29. The van der Waals surface area contributed by atoms with Crippen LogP contribution in [0.25, 0.3) is 0 Å². The van der Waals surface area contributed by atoms with Crippen molar-refractivity contribution in [3.05, 3.63) is 35.6 Å². The van der Waals surface area contributed by atoms with Crippen LogP contribution in [0, 0.1) is 11.7 Å². The lowest BCUT2D eigenvalue weighted by Crippen LogP contribution is -2.26. The zero-order chi connectivity index (χ0) is 15.3. The summed E-state index contributed by atoms with van der Waals surface area (Å²) in [6, 6.07) is 6.80. The molecule has 0 aliphatic rings. The minimum Gasteiger partial charge on any atom is -0.382 e. The average molecular weight is 297 g/mol. The van der Waals surface area contributed by atoms with Gasteiger partial charge in [-0.3, -0.25) is 0 Å². The van der Waals surface area contributed by atoms with Gasteiger partial charge in [-0.25, -0.2) is 4.39 Å². The fourth-order valence-electron chi connectivity index (χ4n) is 2.21. The molecule has 0 amide bonds. The van der Waals surface area contributed by atoms with Crippen LogP contribution in [0.5, 0.6) is 0 Å². The molecule has 1 rings (SSSR count). The van der Waals surface area contributed by atoms with Crippen LogP contribution < -0.4 is 5.32 Å². The number of benzene rings is 1. The number of methoxy groups -OCH3 is 1. The third-order valence-electron chi connectivity index (χ3n) is 3.40. The number of hydrogen-bond donors (Lipinski definition) is 1. The average Bonchev–Trinajstić information content (AvgIpc) is 2.49. The molecule has 0 fully saturated rings. The second-order valence-electron chi connectivity index (χ2n) is 5.29. The normalized spacial score (nSPS) is 12.5. The number of nitrogens with one attached hydrogen (secondary N) is 1. The number of ether oxygens (including phenoxy) is 2. The van der Waals surface area contributed by atoms with E-state index < -0.39 is 0 Å². The Balaban J connectivity index is 2.37. The largest absolute Gasteiger partial charge is 0.382 e. The minimum atomic E-state index is -0.178. The van der Waals surface area contributed by atoms with Crippen molar-refractivity contribution in [2.75, 3.05) is 40.0 Å². The van der Waals surface area contributed by atoms with E-state index in [9.17, 15) is 4.39 Å². The van der Waals surface area contributed by atoms with E-state index >= 15 is 0 Å². The van der Waals surface area contributed by atoms with Gasteiger partial charge in [0.05, 0.1) is 13.2 Å². The van der Waals surface area contributed by atoms with Gasteiger partial charge in [-0.1, -0.05) is 19.1 Å². The molecule has 0 radical (unpaired) electrons. The maximum absolute atomic E-state index is 12.9. The van der Waals surface area contributed by atoms with Gasteiger partial charge in [-0.2, -0.15) is 0 Å². The lowest BCUT2D eigenvalue weighted by Gasteiger charge is -2.18. The Hall–Kier alpha value is -0.970. The molecule has 1 atom stereocenters. The predicted octanol–water partition coefficient (Wildman–Crippen LogP) is 3.04. The smallest absolute Gasteiger partial charge is 0.123 e. The van der Waals surface area contributed by atoms with E-state index in [4.69, 9.17) is 9.47 Å². The topological polar surface area (TPSA) is 30.5 Å². The zero-order valence-electron chi connectivity index (χ0n) is 13.2. The van der Waals surface area contributed by atoms with Crippen molar-refractivity contribution in [2.24, 2.45) is 5.92 Å². The molecule has 0 heterocycles. The molecule has 0 saturated heterocycles. The van der Waals surface area contributed by atoms with E-state index in [0.29, 0.717) is 19.1 Å². The molecule has 0 aliphatic carbocycles. The van der Waals surface area contributed by atoms with Crippen molar-refractivity contribution in [3.8, 4) is 0 Å². The van der Waals surface area contributed by atoms with Crippen LogP contribution in [0.4, 0.5) is 4.39 Å². The van der Waals surface area contributed by atoms with Crippen molar-refractivity contribution < 1.29 is 13.9 Å². The highest BCUT2D eigenvalue weighted by Crippen LogP contribution is 2.13. The van der Waals surface area contributed by atoms with Crippen LogP contribution in [0.1, 0.15) is 25.3 Å². The Morgan fingerprint density at radius 1 is 1.14 bits per heavy atom. The van der Waals surface area contributed by atoms with E-state index in [1.54, 1.807) is 7.11 Å². The van der Waals surface area contributed by atoms with Gasteiger partial charge in [0.25, 0.3) is 0 Å². The summed E-state index contributed by atoms with van der Waals surface area (Å²) in [5, 5.41) is 3.46. The second kappa shape index (κ2) is 11.7. The molecule has 3 nitrogen and oxygen atoms in total. The highest BCUT2D eigenvalue weighted by atomic mass is 19.1. The Kier molecular flexibility index (Phi) is 10.0. The number of hydrogen-bond acceptors (Lipinski definition) is 3. The Labute approximate surface area is 127 Å². The minimum absolute atomic E-state index is 0.178. The molecule has 1 aromatic rings. The first-order chi connectivity index (χ1) is 10.3. The fourth-order valence-corrected chi connectivity index (χ4v) is 2.21. The molecule has 0 spiro atoms. The molecule has 0 bridgehead atoms. The third kappa shape index (κ3) is 8.81. The van der Waals surface area contributed by atoms with Gasteiger partial charge in [0.1, 0.15) is 5.82 Å². The van der Waals surface area contributed by atoms with Crippen molar-refractivity contribution in [1.29, 1.82) is 0 Å². The van der Waals surface area contributed by atoms with Crippen LogP contribution in [-0.2, 0) is 15.9 Å². The molecule has 4 heteroatoms. The third-order valence-corrected chi connectivity index (χ3v) is 3.40.